The number of esters is 1. The topological polar surface area (TPSA) is 66.9 Å². The second kappa shape index (κ2) is 6.94. The molecule has 0 aromatic heterocycles. The number of rotatable bonds is 3. The van der Waals surface area contributed by atoms with Crippen LogP contribution in [-0.4, -0.2) is 61.9 Å². The van der Waals surface area contributed by atoms with Crippen molar-refractivity contribution in [3.05, 3.63) is 29.8 Å². The van der Waals surface area contributed by atoms with Crippen LogP contribution in [0.25, 0.3) is 0 Å². The molecule has 26 heavy (non-hydrogen) atoms. The van der Waals surface area contributed by atoms with Crippen LogP contribution in [0, 0.1) is 0 Å². The Hall–Kier alpha value is -1.44. The molecule has 2 saturated heterocycles. The van der Waals surface area contributed by atoms with E-state index in [1.165, 1.54) is 4.31 Å². The maximum atomic E-state index is 12.9. The highest BCUT2D eigenvalue weighted by Crippen LogP contribution is 2.26. The molecule has 0 spiro atoms. The first-order valence-corrected chi connectivity index (χ1v) is 10.6. The number of carbonyl (C=O) groups excluding carboxylic acids is 1. The summed E-state index contributed by atoms with van der Waals surface area (Å²) in [6.07, 6.45) is 0.621. The summed E-state index contributed by atoms with van der Waals surface area (Å²) >= 11 is 0. The maximum Gasteiger partial charge on any atom is 0.323 e. The van der Waals surface area contributed by atoms with Crippen molar-refractivity contribution in [3.8, 4) is 0 Å². The lowest BCUT2D eigenvalue weighted by Gasteiger charge is -2.35. The number of sulfonamides is 1. The van der Waals surface area contributed by atoms with E-state index in [0.29, 0.717) is 37.5 Å². The van der Waals surface area contributed by atoms with Gasteiger partial charge in [0.25, 0.3) is 0 Å². The van der Waals surface area contributed by atoms with Crippen LogP contribution >= 0.6 is 0 Å². The molecule has 7 heteroatoms. The molecule has 2 aliphatic rings. The minimum Gasteiger partial charge on any atom is -0.461 e. The Kier molecular flexibility index (Phi) is 5.16. The Balaban J connectivity index is 1.67. The van der Waals surface area contributed by atoms with E-state index in [9.17, 15) is 13.2 Å². The molecule has 0 aliphatic carbocycles. The van der Waals surface area contributed by atoms with Gasteiger partial charge in [-0.15, -0.1) is 0 Å². The zero-order valence-corrected chi connectivity index (χ0v) is 16.8. The van der Waals surface area contributed by atoms with Crippen LogP contribution in [0.15, 0.2) is 29.2 Å². The minimum atomic E-state index is -3.51. The molecule has 0 saturated carbocycles. The Morgan fingerprint density at radius 3 is 2.08 bits per heavy atom. The largest absolute Gasteiger partial charge is 0.461 e. The monoisotopic (exact) mass is 380 g/mol. The van der Waals surface area contributed by atoms with Gasteiger partial charge in [0, 0.05) is 32.6 Å². The van der Waals surface area contributed by atoms with Crippen LogP contribution in [-0.2, 0) is 25.0 Å². The quantitative estimate of drug-likeness (QED) is 0.751. The third kappa shape index (κ3) is 3.80. The fraction of sp³-hybridized carbons (Fsp3) is 0.632. The maximum absolute atomic E-state index is 12.9. The van der Waals surface area contributed by atoms with Gasteiger partial charge in [0.1, 0.15) is 12.1 Å². The first kappa shape index (κ1) is 19.3. The molecule has 0 amide bonds. The third-order valence-corrected chi connectivity index (χ3v) is 7.13. The van der Waals surface area contributed by atoms with Crippen molar-refractivity contribution in [2.24, 2.45) is 0 Å². The van der Waals surface area contributed by atoms with Crippen molar-refractivity contribution in [2.45, 2.75) is 56.6 Å². The summed E-state index contributed by atoms with van der Waals surface area (Å²) in [5, 5.41) is 0. The highest BCUT2D eigenvalue weighted by molar-refractivity contribution is 7.89. The van der Waals surface area contributed by atoms with E-state index in [1.807, 2.05) is 24.0 Å². The fourth-order valence-electron chi connectivity index (χ4n) is 3.57. The van der Waals surface area contributed by atoms with Crippen LogP contribution in [0.3, 0.4) is 0 Å². The van der Waals surface area contributed by atoms with Crippen molar-refractivity contribution < 1.29 is 17.9 Å². The highest BCUT2D eigenvalue weighted by Gasteiger charge is 2.39. The summed E-state index contributed by atoms with van der Waals surface area (Å²) in [6, 6.07) is 6.93. The molecular formula is C19H28N2O4S. The lowest BCUT2D eigenvalue weighted by Crippen LogP contribution is -2.53. The van der Waals surface area contributed by atoms with E-state index in [4.69, 9.17) is 4.74 Å². The molecule has 1 aromatic carbocycles. The van der Waals surface area contributed by atoms with E-state index in [-0.39, 0.29) is 23.5 Å². The van der Waals surface area contributed by atoms with Crippen LogP contribution in [0.5, 0.6) is 0 Å². The molecule has 0 bridgehead atoms. The summed E-state index contributed by atoms with van der Waals surface area (Å²) in [6.45, 7) is 10.1. The van der Waals surface area contributed by atoms with E-state index in [1.54, 1.807) is 12.1 Å². The summed E-state index contributed by atoms with van der Waals surface area (Å²) in [7, 11) is -3.51. The molecule has 144 valence electrons. The molecule has 2 unspecified atom stereocenters. The molecule has 2 atom stereocenters. The smallest absolute Gasteiger partial charge is 0.323 e. The van der Waals surface area contributed by atoms with Gasteiger partial charge in [-0.25, -0.2) is 8.42 Å². The summed E-state index contributed by atoms with van der Waals surface area (Å²) < 4.78 is 32.5. The third-order valence-electron chi connectivity index (χ3n) is 5.22. The van der Waals surface area contributed by atoms with Gasteiger partial charge in [-0.2, -0.15) is 4.31 Å². The molecule has 2 aliphatic heterocycles. The van der Waals surface area contributed by atoms with Gasteiger partial charge in [0.15, 0.2) is 0 Å². The van der Waals surface area contributed by atoms with Crippen LogP contribution in [0.2, 0.25) is 0 Å². The van der Waals surface area contributed by atoms with E-state index >= 15 is 0 Å². The number of piperazine rings is 1. The van der Waals surface area contributed by atoms with E-state index < -0.39 is 10.0 Å². The molecule has 0 N–H and O–H groups in total. The average molecular weight is 381 g/mol. The predicted molar refractivity (Wildman–Crippen MR) is 99.4 cm³/mol. The van der Waals surface area contributed by atoms with Gasteiger partial charge in [0.2, 0.25) is 10.0 Å². The normalized spacial score (nSPS) is 26.1. The van der Waals surface area contributed by atoms with Crippen molar-refractivity contribution in [1.82, 2.24) is 9.21 Å². The lowest BCUT2D eigenvalue weighted by molar-refractivity contribution is -0.145. The number of carbonyl (C=O) groups is 1. The number of nitrogens with zero attached hydrogens (tertiary/aromatic N) is 2. The van der Waals surface area contributed by atoms with Crippen molar-refractivity contribution >= 4 is 16.0 Å². The number of benzene rings is 1. The average Bonchev–Trinajstić information content (AvgIpc) is 2.93. The molecule has 2 heterocycles. The molecule has 6 nitrogen and oxygen atoms in total. The fourth-order valence-corrected chi connectivity index (χ4v) is 4.99. The van der Waals surface area contributed by atoms with E-state index in [2.05, 4.69) is 20.8 Å². The Morgan fingerprint density at radius 1 is 1.04 bits per heavy atom. The van der Waals surface area contributed by atoms with Crippen LogP contribution in [0.1, 0.15) is 39.7 Å². The number of hydrogen-bond acceptors (Lipinski definition) is 5. The van der Waals surface area contributed by atoms with Gasteiger partial charge in [-0.3, -0.25) is 9.69 Å². The van der Waals surface area contributed by atoms with Crippen molar-refractivity contribution in [3.63, 3.8) is 0 Å². The van der Waals surface area contributed by atoms with Crippen molar-refractivity contribution in [2.75, 3.05) is 26.2 Å². The Bertz CT molecular complexity index is 760. The van der Waals surface area contributed by atoms with Gasteiger partial charge < -0.3 is 4.74 Å². The second-order valence-electron chi connectivity index (χ2n) is 8.21. The first-order valence-electron chi connectivity index (χ1n) is 9.14. The molecule has 3 rings (SSSR count). The number of cyclic esters (lactones) is 1. The summed E-state index contributed by atoms with van der Waals surface area (Å²) in [5.74, 6) is -0.188. The lowest BCUT2D eigenvalue weighted by atomic mass is 9.87. The number of hydrogen-bond donors (Lipinski definition) is 0. The second-order valence-corrected chi connectivity index (χ2v) is 10.2. The van der Waals surface area contributed by atoms with Gasteiger partial charge in [-0.1, -0.05) is 32.9 Å². The van der Waals surface area contributed by atoms with Crippen LogP contribution < -0.4 is 0 Å². The zero-order valence-electron chi connectivity index (χ0n) is 15.9. The zero-order chi connectivity index (χ0) is 19.1. The number of ether oxygens (including phenoxy) is 1. The van der Waals surface area contributed by atoms with E-state index in [0.717, 1.165) is 5.56 Å². The molecule has 0 radical (unpaired) electrons. The van der Waals surface area contributed by atoms with Gasteiger partial charge in [-0.05, 0) is 30.0 Å². The Labute approximate surface area is 156 Å². The minimum absolute atomic E-state index is 0.0130. The van der Waals surface area contributed by atoms with Gasteiger partial charge >= 0.3 is 5.97 Å². The molecule has 2 fully saturated rings. The van der Waals surface area contributed by atoms with Gasteiger partial charge in [0.05, 0.1) is 4.90 Å². The SMILES string of the molecule is CC1CC(N2CCN(S(=O)(=O)c3ccc(C(C)(C)C)cc3)CC2)C(=O)O1. The molecule has 1 aromatic rings. The van der Waals surface area contributed by atoms with Crippen LogP contribution in [0.4, 0.5) is 0 Å². The molecular weight excluding hydrogens is 352 g/mol. The highest BCUT2D eigenvalue weighted by atomic mass is 32.2. The Morgan fingerprint density at radius 2 is 1.62 bits per heavy atom. The summed E-state index contributed by atoms with van der Waals surface area (Å²) in [5.41, 5.74) is 1.09. The van der Waals surface area contributed by atoms with Crippen molar-refractivity contribution in [1.29, 1.82) is 0 Å². The summed E-state index contributed by atoms with van der Waals surface area (Å²) in [4.78, 5) is 14.3. The first-order chi connectivity index (χ1) is 12.1. The predicted octanol–water partition coefficient (Wildman–Crippen LogP) is 1.99. The standard InChI is InChI=1S/C19H28N2O4S/c1-14-13-17(18(22)25-14)20-9-11-21(12-10-20)26(23,24)16-7-5-15(6-8-16)19(2,3)4/h5-8,14,17H,9-13H2,1-4H3.